The first kappa shape index (κ1) is 20.8. The van der Waals surface area contributed by atoms with Crippen molar-refractivity contribution in [3.05, 3.63) is 75.1 Å². The van der Waals surface area contributed by atoms with E-state index in [4.69, 9.17) is 4.74 Å². The second kappa shape index (κ2) is 10.0. The normalized spacial score (nSPS) is 16.4. The number of carbonyl (C=O) groups is 2. The minimum absolute atomic E-state index is 0.198. The number of nitrogens with zero attached hydrogens (tertiary/aromatic N) is 2. The fourth-order valence-electron chi connectivity index (χ4n) is 2.29. The van der Waals surface area contributed by atoms with Crippen molar-refractivity contribution in [1.29, 1.82) is 0 Å². The van der Waals surface area contributed by atoms with Crippen molar-refractivity contribution in [1.82, 2.24) is 5.32 Å². The smallest absolute Gasteiger partial charge is 0.331 e. The van der Waals surface area contributed by atoms with Crippen LogP contribution in [0, 0.1) is 0 Å². The number of ether oxygens (including phenoxy) is 2. The largest absolute Gasteiger partial charge is 0.488 e. The monoisotopic (exact) mass is 473 g/mol. The second-order valence-electron chi connectivity index (χ2n) is 5.69. The van der Waals surface area contributed by atoms with E-state index in [9.17, 15) is 9.59 Å². The minimum atomic E-state index is -0.607. The molecular formula is C20H16BrN3O4S. The van der Waals surface area contributed by atoms with E-state index in [0.29, 0.717) is 12.4 Å². The number of carbonyl (C=O) groups excluding carboxylic acids is 2. The summed E-state index contributed by atoms with van der Waals surface area (Å²) in [4.78, 5) is 23.3. The highest BCUT2D eigenvalue weighted by molar-refractivity contribution is 9.10. The molecule has 0 bridgehead atoms. The fourth-order valence-corrected chi connectivity index (χ4v) is 3.48. The van der Waals surface area contributed by atoms with E-state index in [0.717, 1.165) is 33.4 Å². The number of hydrogen-bond donors (Lipinski definition) is 1. The lowest BCUT2D eigenvalue weighted by atomic mass is 10.2. The molecule has 148 valence electrons. The SMILES string of the molecule is COC(=O)/C=C1/S/C(=N\N=Cc2ccccc2OCc2cccc(Br)c2)NC1=O. The van der Waals surface area contributed by atoms with Crippen LogP contribution in [0.1, 0.15) is 11.1 Å². The summed E-state index contributed by atoms with van der Waals surface area (Å²) in [6.45, 7) is 0.409. The third-order valence-electron chi connectivity index (χ3n) is 3.65. The van der Waals surface area contributed by atoms with E-state index in [1.54, 1.807) is 0 Å². The zero-order valence-corrected chi connectivity index (χ0v) is 17.7. The molecule has 0 atom stereocenters. The van der Waals surface area contributed by atoms with E-state index in [1.807, 2.05) is 48.5 Å². The average Bonchev–Trinajstić information content (AvgIpc) is 3.06. The Balaban J connectivity index is 1.67. The van der Waals surface area contributed by atoms with Crippen LogP contribution in [0.25, 0.3) is 0 Å². The number of para-hydroxylation sites is 1. The fraction of sp³-hybridized carbons (Fsp3) is 0.100. The van der Waals surface area contributed by atoms with Gasteiger partial charge in [-0.05, 0) is 41.6 Å². The van der Waals surface area contributed by atoms with Crippen molar-refractivity contribution in [2.75, 3.05) is 7.11 Å². The summed E-state index contributed by atoms with van der Waals surface area (Å²) in [6.07, 6.45) is 2.65. The predicted molar refractivity (Wildman–Crippen MR) is 116 cm³/mol. The van der Waals surface area contributed by atoms with Gasteiger partial charge in [-0.25, -0.2) is 4.79 Å². The number of amidine groups is 1. The highest BCUT2D eigenvalue weighted by Gasteiger charge is 2.25. The first-order valence-electron chi connectivity index (χ1n) is 8.41. The summed E-state index contributed by atoms with van der Waals surface area (Å²) in [5.41, 5.74) is 1.77. The Labute approximate surface area is 180 Å². The van der Waals surface area contributed by atoms with Crippen LogP contribution in [-0.4, -0.2) is 30.4 Å². The molecule has 0 unspecified atom stereocenters. The van der Waals surface area contributed by atoms with Gasteiger partial charge in [0.2, 0.25) is 0 Å². The zero-order valence-electron chi connectivity index (χ0n) is 15.3. The Hall–Kier alpha value is -2.91. The summed E-state index contributed by atoms with van der Waals surface area (Å²) in [5, 5.41) is 10.8. The third-order valence-corrected chi connectivity index (χ3v) is 5.04. The molecule has 0 radical (unpaired) electrons. The van der Waals surface area contributed by atoms with Crippen LogP contribution >= 0.6 is 27.7 Å². The van der Waals surface area contributed by atoms with Crippen molar-refractivity contribution in [3.8, 4) is 5.75 Å². The van der Waals surface area contributed by atoms with Crippen LogP contribution in [0.3, 0.4) is 0 Å². The number of thioether (sulfide) groups is 1. The lowest BCUT2D eigenvalue weighted by Crippen LogP contribution is -2.19. The molecule has 0 aliphatic carbocycles. The lowest BCUT2D eigenvalue weighted by Gasteiger charge is -2.09. The van der Waals surface area contributed by atoms with Crippen molar-refractivity contribution >= 4 is 51.0 Å². The average molecular weight is 474 g/mol. The summed E-state index contributed by atoms with van der Waals surface area (Å²) < 4.78 is 11.4. The van der Waals surface area contributed by atoms with Crippen molar-refractivity contribution < 1.29 is 19.1 Å². The Bertz CT molecular complexity index is 1020. The van der Waals surface area contributed by atoms with E-state index in [-0.39, 0.29) is 10.1 Å². The predicted octanol–water partition coefficient (Wildman–Crippen LogP) is 3.64. The summed E-state index contributed by atoms with van der Waals surface area (Å²) >= 11 is 4.45. The van der Waals surface area contributed by atoms with Crippen molar-refractivity contribution in [3.63, 3.8) is 0 Å². The molecule has 3 rings (SSSR count). The molecule has 7 nitrogen and oxygen atoms in total. The number of amides is 1. The van der Waals surface area contributed by atoms with Gasteiger partial charge in [0.15, 0.2) is 5.17 Å². The van der Waals surface area contributed by atoms with Gasteiger partial charge >= 0.3 is 5.97 Å². The molecule has 1 saturated heterocycles. The highest BCUT2D eigenvalue weighted by atomic mass is 79.9. The molecule has 1 fully saturated rings. The first-order chi connectivity index (χ1) is 14.0. The van der Waals surface area contributed by atoms with E-state index < -0.39 is 11.9 Å². The van der Waals surface area contributed by atoms with Crippen LogP contribution in [0.15, 0.2) is 74.2 Å². The standard InChI is InChI=1S/C20H16BrN3O4S/c1-27-18(25)10-17-19(26)23-20(29-17)24-22-11-14-6-2-3-8-16(14)28-12-13-5-4-7-15(21)9-13/h2-11H,12H2,1H3,(H,23,24,26)/b17-10+,22-11?. The molecule has 0 saturated carbocycles. The Morgan fingerprint density at radius 1 is 1.24 bits per heavy atom. The quantitative estimate of drug-likeness (QED) is 0.299. The van der Waals surface area contributed by atoms with Gasteiger partial charge < -0.3 is 9.47 Å². The number of nitrogens with one attached hydrogen (secondary N) is 1. The van der Waals surface area contributed by atoms with Crippen LogP contribution < -0.4 is 10.1 Å². The molecule has 1 N–H and O–H groups in total. The van der Waals surface area contributed by atoms with E-state index >= 15 is 0 Å². The summed E-state index contributed by atoms with van der Waals surface area (Å²) in [6, 6.07) is 15.3. The maximum atomic E-state index is 11.8. The maximum absolute atomic E-state index is 11.8. The van der Waals surface area contributed by atoms with Crippen LogP contribution in [-0.2, 0) is 20.9 Å². The molecule has 1 amide bonds. The van der Waals surface area contributed by atoms with Crippen LogP contribution in [0.4, 0.5) is 0 Å². The molecular weight excluding hydrogens is 458 g/mol. The molecule has 0 spiro atoms. The summed E-state index contributed by atoms with van der Waals surface area (Å²) in [5.74, 6) is -0.373. The Kier molecular flexibility index (Phi) is 7.20. The number of hydrogen-bond acceptors (Lipinski definition) is 7. The number of benzene rings is 2. The Morgan fingerprint density at radius 3 is 2.86 bits per heavy atom. The molecule has 2 aromatic rings. The van der Waals surface area contributed by atoms with E-state index in [2.05, 4.69) is 36.2 Å². The molecule has 2 aromatic carbocycles. The van der Waals surface area contributed by atoms with Gasteiger partial charge in [0.25, 0.3) is 5.91 Å². The Morgan fingerprint density at radius 2 is 2.07 bits per heavy atom. The molecule has 9 heteroatoms. The first-order valence-corrected chi connectivity index (χ1v) is 10.0. The number of rotatable bonds is 6. The molecule has 1 aliphatic rings. The molecule has 1 aliphatic heterocycles. The number of halogens is 1. The number of esters is 1. The molecule has 29 heavy (non-hydrogen) atoms. The van der Waals surface area contributed by atoms with E-state index in [1.165, 1.54) is 13.3 Å². The number of methoxy groups -OCH3 is 1. The van der Waals surface area contributed by atoms with Gasteiger partial charge in [-0.3, -0.25) is 10.1 Å². The lowest BCUT2D eigenvalue weighted by molar-refractivity contribution is -0.135. The second-order valence-corrected chi connectivity index (χ2v) is 7.64. The van der Waals surface area contributed by atoms with Gasteiger partial charge in [0, 0.05) is 16.1 Å². The third kappa shape index (κ3) is 6.03. The van der Waals surface area contributed by atoms with Gasteiger partial charge in [-0.1, -0.05) is 40.2 Å². The van der Waals surface area contributed by atoms with Gasteiger partial charge in [0.1, 0.15) is 12.4 Å². The summed E-state index contributed by atoms with van der Waals surface area (Å²) in [7, 11) is 1.24. The maximum Gasteiger partial charge on any atom is 0.331 e. The van der Waals surface area contributed by atoms with Gasteiger partial charge in [-0.15, -0.1) is 5.10 Å². The highest BCUT2D eigenvalue weighted by Crippen LogP contribution is 2.24. The van der Waals surface area contributed by atoms with Crippen LogP contribution in [0.2, 0.25) is 0 Å². The van der Waals surface area contributed by atoms with Gasteiger partial charge in [0.05, 0.1) is 18.2 Å². The van der Waals surface area contributed by atoms with Crippen LogP contribution in [0.5, 0.6) is 5.75 Å². The molecule has 1 heterocycles. The van der Waals surface area contributed by atoms with Crippen molar-refractivity contribution in [2.24, 2.45) is 10.2 Å². The van der Waals surface area contributed by atoms with Crippen molar-refractivity contribution in [2.45, 2.75) is 6.61 Å². The zero-order chi connectivity index (χ0) is 20.6. The topological polar surface area (TPSA) is 89.3 Å². The molecule has 0 aromatic heterocycles. The minimum Gasteiger partial charge on any atom is -0.488 e. The van der Waals surface area contributed by atoms with Gasteiger partial charge in [-0.2, -0.15) is 5.10 Å².